The summed E-state index contributed by atoms with van der Waals surface area (Å²) in [4.78, 5) is 15.3. The van der Waals surface area contributed by atoms with E-state index < -0.39 is 0 Å². The van der Waals surface area contributed by atoms with E-state index in [1.165, 1.54) is 0 Å². The molecule has 2 fully saturated rings. The van der Waals surface area contributed by atoms with E-state index in [4.69, 9.17) is 20.8 Å². The molecule has 1 aromatic heterocycles. The van der Waals surface area contributed by atoms with Gasteiger partial charge in [-0.05, 0) is 88.0 Å². The summed E-state index contributed by atoms with van der Waals surface area (Å²) in [6.45, 7) is 7.45. The second-order valence-electron chi connectivity index (χ2n) is 8.94. The monoisotopic (exact) mass is 430 g/mol. The van der Waals surface area contributed by atoms with Gasteiger partial charge in [0.05, 0.1) is 12.1 Å². The number of carbonyl (C=O) groups excluding carboxylic acids is 1. The van der Waals surface area contributed by atoms with Crippen LogP contribution in [-0.2, 0) is 4.79 Å². The molecule has 1 spiro atoms. The van der Waals surface area contributed by atoms with Crippen molar-refractivity contribution in [1.29, 1.82) is 0 Å². The van der Waals surface area contributed by atoms with Gasteiger partial charge >= 0.3 is 0 Å². The molecule has 2 atom stereocenters. The minimum atomic E-state index is 0.116. The number of methoxy groups -OCH3 is 1. The average Bonchev–Trinajstić information content (AvgIpc) is 3.26. The zero-order chi connectivity index (χ0) is 21.3. The number of halogens is 1. The second-order valence-corrected chi connectivity index (χ2v) is 9.34. The van der Waals surface area contributed by atoms with E-state index in [1.807, 2.05) is 19.1 Å². The van der Waals surface area contributed by atoms with Gasteiger partial charge in [0.15, 0.2) is 0 Å². The summed E-state index contributed by atoms with van der Waals surface area (Å²) in [5.41, 5.74) is 0.924. The Balaban J connectivity index is 1.23. The zero-order valence-electron chi connectivity index (χ0n) is 18.0. The van der Waals surface area contributed by atoms with Gasteiger partial charge in [0.2, 0.25) is 5.91 Å². The highest BCUT2D eigenvalue weighted by Gasteiger charge is 2.58. The van der Waals surface area contributed by atoms with Crippen molar-refractivity contribution in [2.75, 3.05) is 32.1 Å². The number of furan rings is 1. The highest BCUT2D eigenvalue weighted by atomic mass is 35.5. The van der Waals surface area contributed by atoms with E-state index in [-0.39, 0.29) is 17.2 Å². The van der Waals surface area contributed by atoms with Gasteiger partial charge in [-0.2, -0.15) is 0 Å². The molecule has 1 N–H and O–H groups in total. The molecule has 0 radical (unpaired) electrons. The highest BCUT2D eigenvalue weighted by molar-refractivity contribution is 6.32. The Hall–Kier alpha value is -1.98. The number of rotatable bonds is 7. The standard InChI is InChI=1S/C24H31ClN2O3/c1-16(21-6-4-17(2)30-21)8-11-27-12-9-24(10-13-27)15-19(24)23(28)26-18-5-7-22(29-3)20(25)14-18/h4-7,14,16,19H,8-13,15H2,1-3H3,(H,26,28). The number of ether oxygens (including phenoxy) is 1. The first-order chi connectivity index (χ1) is 14.4. The summed E-state index contributed by atoms with van der Waals surface area (Å²) >= 11 is 6.17. The number of benzene rings is 1. The number of carbonyl (C=O) groups is 1. The minimum Gasteiger partial charge on any atom is -0.495 e. The fourth-order valence-electron chi connectivity index (χ4n) is 4.70. The molecule has 4 rings (SSSR count). The van der Waals surface area contributed by atoms with E-state index in [1.54, 1.807) is 19.2 Å². The molecule has 1 aromatic carbocycles. The third kappa shape index (κ3) is 4.52. The van der Waals surface area contributed by atoms with Crippen LogP contribution >= 0.6 is 11.6 Å². The molecule has 2 aliphatic rings. The van der Waals surface area contributed by atoms with Gasteiger partial charge in [0.25, 0.3) is 0 Å². The molecule has 30 heavy (non-hydrogen) atoms. The van der Waals surface area contributed by atoms with Crippen molar-refractivity contribution in [2.24, 2.45) is 11.3 Å². The number of nitrogens with zero attached hydrogens (tertiary/aromatic N) is 1. The maximum atomic E-state index is 12.8. The number of aryl methyl sites for hydroxylation is 1. The second kappa shape index (κ2) is 8.64. The van der Waals surface area contributed by atoms with Gasteiger partial charge < -0.3 is 19.4 Å². The Morgan fingerprint density at radius 3 is 2.73 bits per heavy atom. The lowest BCUT2D eigenvalue weighted by Gasteiger charge is -2.33. The normalized spacial score (nSPS) is 21.4. The highest BCUT2D eigenvalue weighted by Crippen LogP contribution is 2.59. The molecular formula is C24H31ClN2O3. The van der Waals surface area contributed by atoms with Gasteiger partial charge in [0, 0.05) is 17.5 Å². The maximum absolute atomic E-state index is 12.8. The van der Waals surface area contributed by atoms with E-state index in [9.17, 15) is 4.79 Å². The quantitative estimate of drug-likeness (QED) is 0.631. The lowest BCUT2D eigenvalue weighted by molar-refractivity contribution is -0.118. The van der Waals surface area contributed by atoms with E-state index in [0.29, 0.717) is 16.7 Å². The molecule has 1 aliphatic heterocycles. The van der Waals surface area contributed by atoms with Crippen molar-refractivity contribution >= 4 is 23.2 Å². The molecule has 1 saturated carbocycles. The van der Waals surface area contributed by atoms with Crippen LogP contribution in [0.3, 0.4) is 0 Å². The first-order valence-corrected chi connectivity index (χ1v) is 11.2. The third-order valence-electron chi connectivity index (χ3n) is 6.90. The van der Waals surface area contributed by atoms with Crippen molar-refractivity contribution in [3.05, 3.63) is 46.9 Å². The molecule has 1 aliphatic carbocycles. The van der Waals surface area contributed by atoms with Crippen LogP contribution in [0, 0.1) is 18.3 Å². The number of hydrogen-bond donors (Lipinski definition) is 1. The predicted octanol–water partition coefficient (Wildman–Crippen LogP) is 5.48. The van der Waals surface area contributed by atoms with E-state index in [0.717, 1.165) is 62.5 Å². The van der Waals surface area contributed by atoms with Crippen LogP contribution in [0.5, 0.6) is 5.75 Å². The van der Waals surface area contributed by atoms with Crippen molar-refractivity contribution in [3.8, 4) is 5.75 Å². The number of likely N-dealkylation sites (tertiary alicyclic amines) is 1. The molecule has 2 aromatic rings. The molecule has 1 amide bonds. The van der Waals surface area contributed by atoms with Crippen LogP contribution < -0.4 is 10.1 Å². The average molecular weight is 431 g/mol. The van der Waals surface area contributed by atoms with Crippen LogP contribution in [-0.4, -0.2) is 37.6 Å². The first kappa shape index (κ1) is 21.3. The van der Waals surface area contributed by atoms with Gasteiger partial charge in [-0.3, -0.25) is 4.79 Å². The number of amides is 1. The Morgan fingerprint density at radius 2 is 2.10 bits per heavy atom. The van der Waals surface area contributed by atoms with Gasteiger partial charge in [-0.15, -0.1) is 0 Å². The topological polar surface area (TPSA) is 54.7 Å². The molecular weight excluding hydrogens is 400 g/mol. The van der Waals surface area contributed by atoms with Crippen LogP contribution in [0.4, 0.5) is 5.69 Å². The summed E-state index contributed by atoms with van der Waals surface area (Å²) in [5.74, 6) is 3.34. The Kier molecular flexibility index (Phi) is 6.12. The van der Waals surface area contributed by atoms with Crippen molar-refractivity contribution in [2.45, 2.75) is 45.4 Å². The number of nitrogens with one attached hydrogen (secondary N) is 1. The van der Waals surface area contributed by atoms with Gasteiger partial charge in [0.1, 0.15) is 17.3 Å². The molecule has 1 saturated heterocycles. The van der Waals surface area contributed by atoms with Crippen LogP contribution in [0.25, 0.3) is 0 Å². The van der Waals surface area contributed by atoms with Crippen molar-refractivity contribution < 1.29 is 13.9 Å². The molecule has 5 nitrogen and oxygen atoms in total. The SMILES string of the molecule is COc1ccc(NC(=O)C2CC23CCN(CCC(C)c2ccc(C)o2)CC3)cc1Cl. The molecule has 2 heterocycles. The van der Waals surface area contributed by atoms with Crippen molar-refractivity contribution in [3.63, 3.8) is 0 Å². The summed E-state index contributed by atoms with van der Waals surface area (Å²) < 4.78 is 10.9. The summed E-state index contributed by atoms with van der Waals surface area (Å²) in [5, 5.41) is 3.54. The van der Waals surface area contributed by atoms with Crippen molar-refractivity contribution in [1.82, 2.24) is 4.90 Å². The van der Waals surface area contributed by atoms with Crippen LogP contribution in [0.2, 0.25) is 5.02 Å². The third-order valence-corrected chi connectivity index (χ3v) is 7.20. The van der Waals surface area contributed by atoms with Gasteiger partial charge in [-0.25, -0.2) is 0 Å². The van der Waals surface area contributed by atoms with Crippen LogP contribution in [0.15, 0.2) is 34.7 Å². The number of piperidine rings is 1. The Bertz CT molecular complexity index is 902. The smallest absolute Gasteiger partial charge is 0.228 e. The molecule has 6 heteroatoms. The Morgan fingerprint density at radius 1 is 1.33 bits per heavy atom. The fraction of sp³-hybridized carbons (Fsp3) is 0.542. The summed E-state index contributed by atoms with van der Waals surface area (Å²) in [7, 11) is 1.58. The first-order valence-electron chi connectivity index (χ1n) is 10.8. The number of hydrogen-bond acceptors (Lipinski definition) is 4. The molecule has 0 bridgehead atoms. The zero-order valence-corrected chi connectivity index (χ0v) is 18.8. The van der Waals surface area contributed by atoms with E-state index >= 15 is 0 Å². The molecule has 2 unspecified atom stereocenters. The lowest BCUT2D eigenvalue weighted by Crippen LogP contribution is -2.37. The van der Waals surface area contributed by atoms with Crippen LogP contribution in [0.1, 0.15) is 50.0 Å². The van der Waals surface area contributed by atoms with E-state index in [2.05, 4.69) is 23.2 Å². The largest absolute Gasteiger partial charge is 0.495 e. The fourth-order valence-corrected chi connectivity index (χ4v) is 4.96. The number of anilines is 1. The summed E-state index contributed by atoms with van der Waals surface area (Å²) in [6.07, 6.45) is 4.30. The summed E-state index contributed by atoms with van der Waals surface area (Å²) in [6, 6.07) is 9.49. The minimum absolute atomic E-state index is 0.116. The lowest BCUT2D eigenvalue weighted by atomic mass is 9.90. The molecule has 162 valence electrons. The predicted molar refractivity (Wildman–Crippen MR) is 119 cm³/mol. The van der Waals surface area contributed by atoms with Gasteiger partial charge in [-0.1, -0.05) is 18.5 Å². The Labute approximate surface area is 183 Å². The maximum Gasteiger partial charge on any atom is 0.228 e.